The van der Waals surface area contributed by atoms with Gasteiger partial charge in [0.15, 0.2) is 0 Å². The summed E-state index contributed by atoms with van der Waals surface area (Å²) in [6.07, 6.45) is 3.03. The van der Waals surface area contributed by atoms with Gasteiger partial charge in [-0.2, -0.15) is 4.57 Å². The molecule has 148 valence electrons. The molecule has 5 nitrogen and oxygen atoms in total. The van der Waals surface area contributed by atoms with E-state index >= 15 is 0 Å². The van der Waals surface area contributed by atoms with Gasteiger partial charge in [-0.15, -0.1) is 0 Å². The average molecular weight is 416 g/mol. The molecule has 30 heavy (non-hydrogen) atoms. The maximum atomic E-state index is 13.6. The van der Waals surface area contributed by atoms with Crippen LogP contribution in [-0.2, 0) is 6.42 Å². The predicted molar refractivity (Wildman–Crippen MR) is 113 cm³/mol. The van der Waals surface area contributed by atoms with Gasteiger partial charge >= 0.3 is 5.56 Å². The smallest absolute Gasteiger partial charge is 0.349 e. The minimum atomic E-state index is -0.293. The average Bonchev–Trinajstić information content (AvgIpc) is 3.21. The molecular formula is C24H18ClN3O2. The van der Waals surface area contributed by atoms with Crippen LogP contribution in [0.2, 0.25) is 5.15 Å². The highest BCUT2D eigenvalue weighted by Gasteiger charge is 2.36. The molecule has 0 spiro atoms. The molecule has 1 aliphatic rings. The van der Waals surface area contributed by atoms with Crippen LogP contribution in [-0.4, -0.2) is 9.55 Å². The van der Waals surface area contributed by atoms with Crippen molar-refractivity contribution < 1.29 is 9.67 Å². The van der Waals surface area contributed by atoms with Gasteiger partial charge in [-0.25, -0.2) is 14.3 Å². The minimum Gasteiger partial charge on any atom is -0.842 e. The van der Waals surface area contributed by atoms with Crippen molar-refractivity contribution in [3.8, 4) is 22.7 Å². The molecule has 1 atom stereocenters. The Labute approximate surface area is 178 Å². The molecular weight excluding hydrogens is 398 g/mol. The molecule has 4 aromatic rings. The van der Waals surface area contributed by atoms with Crippen molar-refractivity contribution >= 4 is 11.6 Å². The molecule has 0 saturated heterocycles. The van der Waals surface area contributed by atoms with Gasteiger partial charge in [0, 0.05) is 18.2 Å². The topological polar surface area (TPSA) is 61.8 Å². The van der Waals surface area contributed by atoms with Crippen molar-refractivity contribution in [2.45, 2.75) is 18.9 Å². The summed E-state index contributed by atoms with van der Waals surface area (Å²) in [5, 5.41) is 14.0. The van der Waals surface area contributed by atoms with Gasteiger partial charge in [-0.3, -0.25) is 0 Å². The van der Waals surface area contributed by atoms with E-state index < -0.39 is 0 Å². The Hall–Kier alpha value is -3.44. The summed E-state index contributed by atoms with van der Waals surface area (Å²) >= 11 is 5.96. The Bertz CT molecular complexity index is 1270. The zero-order chi connectivity index (χ0) is 20.7. The lowest BCUT2D eigenvalue weighted by Gasteiger charge is -2.21. The summed E-state index contributed by atoms with van der Waals surface area (Å²) in [6, 6.07) is 22.0. The van der Waals surface area contributed by atoms with Gasteiger partial charge in [0.05, 0.1) is 12.3 Å². The van der Waals surface area contributed by atoms with E-state index in [9.17, 15) is 9.90 Å². The van der Waals surface area contributed by atoms with Crippen molar-refractivity contribution in [2.24, 2.45) is 0 Å². The molecule has 0 aliphatic carbocycles. The fourth-order valence-electron chi connectivity index (χ4n) is 4.21. The highest BCUT2D eigenvalue weighted by atomic mass is 35.5. The fourth-order valence-corrected chi connectivity index (χ4v) is 4.32. The van der Waals surface area contributed by atoms with Crippen molar-refractivity contribution in [2.75, 3.05) is 0 Å². The lowest BCUT2D eigenvalue weighted by atomic mass is 10.1. The molecule has 1 unspecified atom stereocenters. The van der Waals surface area contributed by atoms with E-state index in [4.69, 9.17) is 11.6 Å². The summed E-state index contributed by atoms with van der Waals surface area (Å²) in [5.41, 5.74) is 2.15. The second kappa shape index (κ2) is 7.43. The lowest BCUT2D eigenvalue weighted by molar-refractivity contribution is -0.747. The van der Waals surface area contributed by atoms with Crippen LogP contribution in [0, 0.1) is 0 Å². The molecule has 0 saturated carbocycles. The highest BCUT2D eigenvalue weighted by molar-refractivity contribution is 6.29. The van der Waals surface area contributed by atoms with Gasteiger partial charge in [-0.1, -0.05) is 66.2 Å². The Morgan fingerprint density at radius 2 is 1.70 bits per heavy atom. The third kappa shape index (κ3) is 2.99. The first-order chi connectivity index (χ1) is 14.6. The van der Waals surface area contributed by atoms with Crippen molar-refractivity contribution in [1.82, 2.24) is 9.55 Å². The van der Waals surface area contributed by atoms with Gasteiger partial charge in [0.2, 0.25) is 0 Å². The zero-order valence-corrected chi connectivity index (χ0v) is 16.8. The van der Waals surface area contributed by atoms with E-state index in [-0.39, 0.29) is 23.0 Å². The van der Waals surface area contributed by atoms with Crippen LogP contribution in [0.25, 0.3) is 16.8 Å². The number of para-hydroxylation sites is 1. The van der Waals surface area contributed by atoms with Gasteiger partial charge in [0.1, 0.15) is 22.4 Å². The molecule has 0 bridgehead atoms. The number of aromatic nitrogens is 3. The van der Waals surface area contributed by atoms with E-state index in [1.54, 1.807) is 33.5 Å². The first-order valence-corrected chi connectivity index (χ1v) is 10.2. The Morgan fingerprint density at radius 1 is 1.00 bits per heavy atom. The van der Waals surface area contributed by atoms with E-state index in [0.29, 0.717) is 29.4 Å². The van der Waals surface area contributed by atoms with E-state index in [0.717, 1.165) is 11.3 Å². The van der Waals surface area contributed by atoms with Gasteiger partial charge < -0.3 is 5.11 Å². The summed E-state index contributed by atoms with van der Waals surface area (Å²) in [5.74, 6) is 0.432. The number of fused-ring (bicyclic) bond motifs is 1. The molecule has 2 aromatic carbocycles. The largest absolute Gasteiger partial charge is 0.842 e. The van der Waals surface area contributed by atoms with E-state index in [1.165, 1.54) is 0 Å². The zero-order valence-electron chi connectivity index (χ0n) is 16.0. The normalized spacial score (nSPS) is 15.2. The standard InChI is InChI=1S/C24H18ClN3O2/c25-20-13-11-17(15-26-20)19-12-14-21-27(18-9-5-2-6-10-18)23(29)22(24(30)28(19)21)16-7-3-1-4-8-16/h1-11,13,15,19H,12,14H2. The first-order valence-electron chi connectivity index (χ1n) is 9.78. The molecule has 3 heterocycles. The van der Waals surface area contributed by atoms with Crippen molar-refractivity contribution in [3.05, 3.63) is 106 Å². The summed E-state index contributed by atoms with van der Waals surface area (Å²) in [4.78, 5) is 17.7. The van der Waals surface area contributed by atoms with Crippen molar-refractivity contribution in [3.63, 3.8) is 0 Å². The number of rotatable bonds is 3. The lowest BCUT2D eigenvalue weighted by Crippen LogP contribution is -2.48. The van der Waals surface area contributed by atoms with Crippen molar-refractivity contribution in [1.29, 1.82) is 0 Å². The molecule has 1 aliphatic heterocycles. The Kier molecular flexibility index (Phi) is 4.60. The maximum absolute atomic E-state index is 13.6. The summed E-state index contributed by atoms with van der Waals surface area (Å²) in [6.45, 7) is 0. The molecule has 5 rings (SSSR count). The fraction of sp³-hybridized carbons (Fsp3) is 0.125. The minimum absolute atomic E-state index is 0.178. The highest BCUT2D eigenvalue weighted by Crippen LogP contribution is 2.31. The van der Waals surface area contributed by atoms with Crippen LogP contribution in [0.1, 0.15) is 23.9 Å². The summed E-state index contributed by atoms with van der Waals surface area (Å²) in [7, 11) is 0. The van der Waals surface area contributed by atoms with Crippen LogP contribution >= 0.6 is 11.6 Å². The number of pyridine rings is 1. The van der Waals surface area contributed by atoms with Gasteiger partial charge in [0.25, 0.3) is 5.82 Å². The van der Waals surface area contributed by atoms with Gasteiger partial charge in [-0.05, 0) is 23.8 Å². The van der Waals surface area contributed by atoms with Crippen LogP contribution in [0.4, 0.5) is 0 Å². The second-order valence-corrected chi connectivity index (χ2v) is 7.66. The molecule has 0 radical (unpaired) electrons. The molecule has 0 fully saturated rings. The van der Waals surface area contributed by atoms with Crippen LogP contribution in [0.15, 0.2) is 83.8 Å². The SMILES string of the molecule is O=c1c(-c2ccccc2)c([O-])[n+]2c(n1-c1ccccc1)CCC2c1ccc(Cl)nc1. The monoisotopic (exact) mass is 415 g/mol. The number of halogens is 1. The van der Waals surface area contributed by atoms with E-state index in [1.807, 2.05) is 54.6 Å². The molecule has 0 N–H and O–H groups in total. The van der Waals surface area contributed by atoms with Crippen LogP contribution in [0.5, 0.6) is 5.88 Å². The maximum Gasteiger partial charge on any atom is 0.349 e. The van der Waals surface area contributed by atoms with E-state index in [2.05, 4.69) is 4.98 Å². The molecule has 2 aromatic heterocycles. The number of benzene rings is 2. The molecule has 0 amide bonds. The third-order valence-electron chi connectivity index (χ3n) is 5.55. The molecule has 6 heteroatoms. The summed E-state index contributed by atoms with van der Waals surface area (Å²) < 4.78 is 3.43. The van der Waals surface area contributed by atoms with Crippen LogP contribution < -0.4 is 15.2 Å². The first kappa shape index (κ1) is 18.6. The second-order valence-electron chi connectivity index (χ2n) is 7.28. The third-order valence-corrected chi connectivity index (χ3v) is 5.77. The predicted octanol–water partition coefficient (Wildman–Crippen LogP) is 3.45. The number of hydrogen-bond acceptors (Lipinski definition) is 3. The Balaban J connectivity index is 1.82. The quantitative estimate of drug-likeness (QED) is 0.380. The van der Waals surface area contributed by atoms with Crippen LogP contribution in [0.3, 0.4) is 0 Å². The Morgan fingerprint density at radius 3 is 2.37 bits per heavy atom. The number of nitrogens with zero attached hydrogens (tertiary/aromatic N) is 3. The number of hydrogen-bond donors (Lipinski definition) is 0.